The fourth-order valence-electron chi connectivity index (χ4n) is 2.11. The van der Waals surface area contributed by atoms with Crippen molar-refractivity contribution >= 4 is 22.9 Å². The Morgan fingerprint density at radius 2 is 2.11 bits per heavy atom. The van der Waals surface area contributed by atoms with Gasteiger partial charge in [0.2, 0.25) is 0 Å². The highest BCUT2D eigenvalue weighted by atomic mass is 35.5. The minimum atomic E-state index is -0.0496. The van der Waals surface area contributed by atoms with Crippen LogP contribution in [0.1, 0.15) is 43.3 Å². The lowest BCUT2D eigenvalue weighted by molar-refractivity contribution is 0.442. The van der Waals surface area contributed by atoms with E-state index in [4.69, 9.17) is 17.3 Å². The van der Waals surface area contributed by atoms with E-state index in [2.05, 4.69) is 23.9 Å². The minimum absolute atomic E-state index is 0.000231. The molecule has 2 atom stereocenters. The first-order valence-electron chi connectivity index (χ1n) is 6.51. The van der Waals surface area contributed by atoms with Gasteiger partial charge in [0.15, 0.2) is 5.82 Å². The number of nitrogens with zero attached hydrogens (tertiary/aromatic N) is 3. The number of halogens is 1. The van der Waals surface area contributed by atoms with Crippen molar-refractivity contribution in [1.29, 1.82) is 0 Å². The lowest BCUT2D eigenvalue weighted by atomic mass is 10.1. The quantitative estimate of drug-likeness (QED) is 0.923. The Hall–Kier alpha value is -0.910. The van der Waals surface area contributed by atoms with Crippen molar-refractivity contribution in [1.82, 2.24) is 14.8 Å². The van der Waals surface area contributed by atoms with Gasteiger partial charge in [-0.3, -0.25) is 0 Å². The Labute approximate surface area is 122 Å². The Morgan fingerprint density at radius 3 is 2.58 bits per heavy atom. The van der Waals surface area contributed by atoms with Crippen LogP contribution in [0.3, 0.4) is 0 Å². The number of aromatic nitrogens is 3. The molecule has 0 aliphatic carbocycles. The standard InChI is InChI=1S/C13H19ClN4S/c1-4-11-16-12(5-2)18(17-11)13(8(3)15)9-6-7-10(14)19-9/h6-8,13H,4-5,15H2,1-3H3. The summed E-state index contributed by atoms with van der Waals surface area (Å²) in [5.74, 6) is 1.84. The maximum Gasteiger partial charge on any atom is 0.150 e. The van der Waals surface area contributed by atoms with Crippen LogP contribution in [0.2, 0.25) is 4.34 Å². The largest absolute Gasteiger partial charge is 0.326 e. The molecule has 0 radical (unpaired) electrons. The second-order valence-electron chi connectivity index (χ2n) is 4.54. The lowest BCUT2D eigenvalue weighted by Gasteiger charge is -2.21. The fourth-order valence-corrected chi connectivity index (χ4v) is 3.37. The predicted octanol–water partition coefficient (Wildman–Crippen LogP) is 3.05. The monoisotopic (exact) mass is 298 g/mol. The van der Waals surface area contributed by atoms with Crippen molar-refractivity contribution in [2.24, 2.45) is 5.73 Å². The number of rotatable bonds is 5. The van der Waals surface area contributed by atoms with Crippen LogP contribution in [0.5, 0.6) is 0 Å². The van der Waals surface area contributed by atoms with Gasteiger partial charge in [-0.15, -0.1) is 11.3 Å². The summed E-state index contributed by atoms with van der Waals surface area (Å²) in [6, 6.07) is 3.88. The van der Waals surface area contributed by atoms with Gasteiger partial charge in [-0.2, -0.15) is 5.10 Å². The molecule has 0 bridgehead atoms. The highest BCUT2D eigenvalue weighted by Gasteiger charge is 2.24. The molecule has 2 N–H and O–H groups in total. The zero-order valence-electron chi connectivity index (χ0n) is 11.4. The van der Waals surface area contributed by atoms with E-state index in [0.717, 1.165) is 33.7 Å². The topological polar surface area (TPSA) is 56.7 Å². The minimum Gasteiger partial charge on any atom is -0.326 e. The molecule has 0 spiro atoms. The average Bonchev–Trinajstić information content (AvgIpc) is 2.96. The summed E-state index contributed by atoms with van der Waals surface area (Å²) in [6.07, 6.45) is 1.67. The summed E-state index contributed by atoms with van der Waals surface area (Å²) in [5, 5.41) is 4.60. The molecule has 0 aromatic carbocycles. The Bertz CT molecular complexity index is 547. The molecular weight excluding hydrogens is 280 g/mol. The van der Waals surface area contributed by atoms with Crippen LogP contribution in [0.15, 0.2) is 12.1 Å². The summed E-state index contributed by atoms with van der Waals surface area (Å²) in [4.78, 5) is 5.68. The molecule has 2 rings (SSSR count). The molecule has 2 heterocycles. The molecule has 4 nitrogen and oxygen atoms in total. The summed E-state index contributed by atoms with van der Waals surface area (Å²) in [5.41, 5.74) is 6.16. The van der Waals surface area contributed by atoms with Crippen molar-refractivity contribution < 1.29 is 0 Å². The molecule has 0 saturated carbocycles. The van der Waals surface area contributed by atoms with Crippen LogP contribution in [0.25, 0.3) is 0 Å². The molecule has 2 unspecified atom stereocenters. The molecule has 0 aliphatic heterocycles. The van der Waals surface area contributed by atoms with Crippen LogP contribution in [0, 0.1) is 0 Å². The lowest BCUT2D eigenvalue weighted by Crippen LogP contribution is -2.31. The Morgan fingerprint density at radius 1 is 1.37 bits per heavy atom. The van der Waals surface area contributed by atoms with Crippen LogP contribution in [-0.2, 0) is 12.8 Å². The fraction of sp³-hybridized carbons (Fsp3) is 0.538. The maximum atomic E-state index is 6.16. The summed E-state index contributed by atoms with van der Waals surface area (Å²) in [6.45, 7) is 6.13. The highest BCUT2D eigenvalue weighted by Crippen LogP contribution is 2.31. The van der Waals surface area contributed by atoms with Gasteiger partial charge in [0.1, 0.15) is 11.9 Å². The predicted molar refractivity (Wildman–Crippen MR) is 79.9 cm³/mol. The number of hydrogen-bond donors (Lipinski definition) is 1. The first-order valence-corrected chi connectivity index (χ1v) is 7.71. The van der Waals surface area contributed by atoms with Gasteiger partial charge >= 0.3 is 0 Å². The zero-order valence-corrected chi connectivity index (χ0v) is 13.0. The Kier molecular flexibility index (Phi) is 4.60. The summed E-state index contributed by atoms with van der Waals surface area (Å²) in [7, 11) is 0. The molecule has 6 heteroatoms. The van der Waals surface area contributed by atoms with Gasteiger partial charge in [0.25, 0.3) is 0 Å². The summed E-state index contributed by atoms with van der Waals surface area (Å²) < 4.78 is 2.74. The van der Waals surface area contributed by atoms with Gasteiger partial charge in [-0.1, -0.05) is 25.4 Å². The van der Waals surface area contributed by atoms with E-state index in [1.165, 1.54) is 0 Å². The van der Waals surface area contributed by atoms with E-state index in [1.54, 1.807) is 11.3 Å². The molecule has 2 aromatic rings. The van der Waals surface area contributed by atoms with Crippen LogP contribution < -0.4 is 5.73 Å². The number of thiophene rings is 1. The van der Waals surface area contributed by atoms with Gasteiger partial charge < -0.3 is 5.73 Å². The third-order valence-electron chi connectivity index (χ3n) is 3.03. The van der Waals surface area contributed by atoms with Crippen LogP contribution >= 0.6 is 22.9 Å². The maximum absolute atomic E-state index is 6.16. The first kappa shape index (κ1) is 14.5. The van der Waals surface area contributed by atoms with E-state index < -0.39 is 0 Å². The molecule has 104 valence electrons. The molecule has 19 heavy (non-hydrogen) atoms. The number of aryl methyl sites for hydroxylation is 2. The van der Waals surface area contributed by atoms with Crippen molar-refractivity contribution in [3.63, 3.8) is 0 Å². The van der Waals surface area contributed by atoms with Crippen LogP contribution in [-0.4, -0.2) is 20.8 Å². The summed E-state index contributed by atoms with van der Waals surface area (Å²) >= 11 is 7.59. The van der Waals surface area contributed by atoms with Crippen LogP contribution in [0.4, 0.5) is 0 Å². The molecule has 2 aromatic heterocycles. The molecule has 0 fully saturated rings. The second-order valence-corrected chi connectivity index (χ2v) is 6.29. The molecule has 0 aliphatic rings. The van der Waals surface area contributed by atoms with Crippen molar-refractivity contribution in [3.8, 4) is 0 Å². The van der Waals surface area contributed by atoms with Gasteiger partial charge in [0.05, 0.1) is 4.34 Å². The van der Waals surface area contributed by atoms with E-state index in [0.29, 0.717) is 0 Å². The van der Waals surface area contributed by atoms with E-state index in [1.807, 2.05) is 23.7 Å². The van der Waals surface area contributed by atoms with Crippen molar-refractivity contribution in [3.05, 3.63) is 33.0 Å². The number of nitrogens with two attached hydrogens (primary N) is 1. The zero-order chi connectivity index (χ0) is 14.0. The molecule has 0 amide bonds. The molecule has 0 saturated heterocycles. The van der Waals surface area contributed by atoms with E-state index in [9.17, 15) is 0 Å². The molecular formula is C13H19ClN4S. The highest BCUT2D eigenvalue weighted by molar-refractivity contribution is 7.16. The smallest absolute Gasteiger partial charge is 0.150 e. The Balaban J connectivity index is 2.47. The van der Waals surface area contributed by atoms with Crippen molar-refractivity contribution in [2.45, 2.75) is 45.7 Å². The number of hydrogen-bond acceptors (Lipinski definition) is 4. The normalized spacial score (nSPS) is 14.6. The van der Waals surface area contributed by atoms with E-state index >= 15 is 0 Å². The van der Waals surface area contributed by atoms with Crippen molar-refractivity contribution in [2.75, 3.05) is 0 Å². The van der Waals surface area contributed by atoms with Gasteiger partial charge in [0, 0.05) is 23.8 Å². The SMILES string of the molecule is CCc1nc(CC)n(C(c2ccc(Cl)s2)C(C)N)n1. The van der Waals surface area contributed by atoms with Gasteiger partial charge in [-0.05, 0) is 19.1 Å². The van der Waals surface area contributed by atoms with E-state index in [-0.39, 0.29) is 12.1 Å². The first-order chi connectivity index (χ1) is 9.06. The second kappa shape index (κ2) is 6.03. The van der Waals surface area contributed by atoms with Gasteiger partial charge in [-0.25, -0.2) is 9.67 Å². The average molecular weight is 299 g/mol. The third kappa shape index (κ3) is 2.99. The third-order valence-corrected chi connectivity index (χ3v) is 4.33.